The van der Waals surface area contributed by atoms with Gasteiger partial charge in [0.15, 0.2) is 0 Å². The number of hydrogen-bond acceptors (Lipinski definition) is 2. The molecule has 0 heterocycles. The maximum Gasteiger partial charge on any atom is 0.146 e. The molecule has 2 nitrogen and oxygen atoms in total. The van der Waals surface area contributed by atoms with Crippen LogP contribution >= 0.6 is 0 Å². The molecule has 0 amide bonds. The van der Waals surface area contributed by atoms with Crippen LogP contribution in [0.3, 0.4) is 0 Å². The summed E-state index contributed by atoms with van der Waals surface area (Å²) in [6.45, 7) is -0.609. The maximum atomic E-state index is 12.6. The molecule has 0 bridgehead atoms. The van der Waals surface area contributed by atoms with Gasteiger partial charge in [-0.05, 0) is 12.1 Å². The molecule has 12 heavy (non-hydrogen) atoms. The predicted molar refractivity (Wildman–Crippen MR) is 42.3 cm³/mol. The van der Waals surface area contributed by atoms with Crippen LogP contribution in [0.1, 0.15) is 0 Å². The van der Waals surface area contributed by atoms with E-state index in [9.17, 15) is 8.78 Å². The van der Waals surface area contributed by atoms with Gasteiger partial charge in [-0.15, -0.1) is 0 Å². The Morgan fingerprint density at radius 2 is 2.17 bits per heavy atom. The zero-order chi connectivity index (χ0) is 8.97. The van der Waals surface area contributed by atoms with Gasteiger partial charge >= 0.3 is 0 Å². The fourth-order valence-corrected chi connectivity index (χ4v) is 0.768. The Kier molecular flexibility index (Phi) is 2.85. The molecule has 4 heteroatoms. The van der Waals surface area contributed by atoms with Crippen LogP contribution in [0.25, 0.3) is 0 Å². The van der Waals surface area contributed by atoms with Gasteiger partial charge in [-0.2, -0.15) is 0 Å². The van der Waals surface area contributed by atoms with Crippen LogP contribution in [0.4, 0.5) is 14.5 Å². The second-order valence-corrected chi connectivity index (χ2v) is 2.22. The summed E-state index contributed by atoms with van der Waals surface area (Å²) in [6, 6.07) is 3.91. The molecule has 2 N–H and O–H groups in total. The first-order chi connectivity index (χ1) is 5.74. The molecule has 0 radical (unpaired) electrons. The van der Waals surface area contributed by atoms with Gasteiger partial charge in [-0.1, -0.05) is 0 Å². The molecule has 0 unspecified atom stereocenters. The minimum Gasteiger partial charge on any atom is -0.491 e. The number of hydrogen-bond donors (Lipinski definition) is 1. The van der Waals surface area contributed by atoms with Crippen molar-refractivity contribution in [2.24, 2.45) is 0 Å². The van der Waals surface area contributed by atoms with Crippen LogP contribution < -0.4 is 10.5 Å². The Hall–Kier alpha value is -1.32. The average Bonchev–Trinajstić information content (AvgIpc) is 2.07. The van der Waals surface area contributed by atoms with Crippen molar-refractivity contribution in [3.63, 3.8) is 0 Å². The lowest BCUT2D eigenvalue weighted by atomic mass is 10.3. The summed E-state index contributed by atoms with van der Waals surface area (Å²) in [5.74, 6) is -0.117. The first kappa shape index (κ1) is 8.77. The maximum absolute atomic E-state index is 12.6. The molecular weight excluding hydrogens is 164 g/mol. The van der Waals surface area contributed by atoms with E-state index in [-0.39, 0.29) is 12.3 Å². The van der Waals surface area contributed by atoms with Crippen LogP contribution in [-0.2, 0) is 0 Å². The summed E-state index contributed by atoms with van der Waals surface area (Å²) in [5.41, 5.74) is 5.25. The number of nitrogen functional groups attached to an aromatic ring is 1. The van der Waals surface area contributed by atoms with E-state index >= 15 is 0 Å². The number of halogens is 2. The smallest absolute Gasteiger partial charge is 0.146 e. The van der Waals surface area contributed by atoms with Crippen molar-refractivity contribution < 1.29 is 13.5 Å². The molecule has 0 aromatic heterocycles. The molecule has 0 saturated carbocycles. The van der Waals surface area contributed by atoms with Crippen molar-refractivity contribution >= 4 is 5.69 Å². The molecule has 0 aliphatic rings. The van der Waals surface area contributed by atoms with E-state index in [0.717, 1.165) is 0 Å². The molecular formula is C8H9F2NO. The van der Waals surface area contributed by atoms with Crippen molar-refractivity contribution in [2.45, 2.75) is 0 Å². The second-order valence-electron chi connectivity index (χ2n) is 2.22. The van der Waals surface area contributed by atoms with Gasteiger partial charge in [0, 0.05) is 6.07 Å². The van der Waals surface area contributed by atoms with Crippen LogP contribution in [0.15, 0.2) is 18.2 Å². The van der Waals surface area contributed by atoms with Crippen LogP contribution in [-0.4, -0.2) is 13.3 Å². The van der Waals surface area contributed by atoms with Crippen molar-refractivity contribution in [3.05, 3.63) is 24.0 Å². The van der Waals surface area contributed by atoms with E-state index < -0.39 is 12.5 Å². The first-order valence-electron chi connectivity index (χ1n) is 3.48. The van der Waals surface area contributed by atoms with E-state index in [1.165, 1.54) is 18.2 Å². The quantitative estimate of drug-likeness (QED) is 0.707. The summed E-state index contributed by atoms with van der Waals surface area (Å²) in [5, 5.41) is 0. The molecule has 0 saturated heterocycles. The van der Waals surface area contributed by atoms with Gasteiger partial charge in [-0.3, -0.25) is 0 Å². The van der Waals surface area contributed by atoms with Crippen molar-refractivity contribution in [3.8, 4) is 5.75 Å². The number of benzene rings is 1. The van der Waals surface area contributed by atoms with Gasteiger partial charge in [0.05, 0.1) is 5.69 Å². The standard InChI is InChI=1S/C8H9F2NO/c9-3-4-12-6-1-2-7(10)8(11)5-6/h1-2,5H,3-4,11H2. The van der Waals surface area contributed by atoms with E-state index in [0.29, 0.717) is 5.75 Å². The van der Waals surface area contributed by atoms with Gasteiger partial charge in [0.1, 0.15) is 24.8 Å². The average molecular weight is 173 g/mol. The third-order valence-corrected chi connectivity index (χ3v) is 1.31. The number of alkyl halides is 1. The summed E-state index contributed by atoms with van der Waals surface area (Å²) in [6.07, 6.45) is 0. The Morgan fingerprint density at radius 1 is 1.42 bits per heavy atom. The number of ether oxygens (including phenoxy) is 1. The molecule has 0 aliphatic carbocycles. The zero-order valence-corrected chi connectivity index (χ0v) is 6.39. The highest BCUT2D eigenvalue weighted by molar-refractivity contribution is 5.45. The van der Waals surface area contributed by atoms with E-state index in [1.807, 2.05) is 0 Å². The highest BCUT2D eigenvalue weighted by Gasteiger charge is 1.99. The minimum atomic E-state index is -0.572. The third-order valence-electron chi connectivity index (χ3n) is 1.31. The summed E-state index contributed by atoms with van der Waals surface area (Å²) in [7, 11) is 0. The fourth-order valence-electron chi connectivity index (χ4n) is 0.768. The molecule has 0 spiro atoms. The van der Waals surface area contributed by atoms with Crippen molar-refractivity contribution in [1.82, 2.24) is 0 Å². The highest BCUT2D eigenvalue weighted by atomic mass is 19.1. The third kappa shape index (κ3) is 2.08. The number of nitrogens with two attached hydrogens (primary N) is 1. The molecule has 1 aromatic carbocycles. The lowest BCUT2D eigenvalue weighted by Gasteiger charge is -2.04. The lowest BCUT2D eigenvalue weighted by Crippen LogP contribution is -1.99. The monoisotopic (exact) mass is 173 g/mol. The minimum absolute atomic E-state index is 0.00589. The van der Waals surface area contributed by atoms with E-state index in [4.69, 9.17) is 10.5 Å². The summed E-state index contributed by atoms with van der Waals surface area (Å²) >= 11 is 0. The van der Waals surface area contributed by atoms with Gasteiger partial charge < -0.3 is 10.5 Å². The Bertz CT molecular complexity index is 265. The van der Waals surface area contributed by atoms with Crippen molar-refractivity contribution in [2.75, 3.05) is 19.0 Å². The SMILES string of the molecule is Nc1cc(OCCF)ccc1F. The topological polar surface area (TPSA) is 35.2 Å². The summed E-state index contributed by atoms with van der Waals surface area (Å²) < 4.78 is 29.1. The Labute approximate surface area is 68.9 Å². The van der Waals surface area contributed by atoms with Crippen LogP contribution in [0, 0.1) is 5.82 Å². The highest BCUT2D eigenvalue weighted by Crippen LogP contribution is 2.17. The fraction of sp³-hybridized carbons (Fsp3) is 0.250. The number of anilines is 1. The van der Waals surface area contributed by atoms with E-state index in [2.05, 4.69) is 0 Å². The Morgan fingerprint density at radius 3 is 2.75 bits per heavy atom. The zero-order valence-electron chi connectivity index (χ0n) is 6.39. The second kappa shape index (κ2) is 3.90. The Balaban J connectivity index is 2.69. The molecule has 66 valence electrons. The molecule has 1 aromatic rings. The summed E-state index contributed by atoms with van der Waals surface area (Å²) in [4.78, 5) is 0. The lowest BCUT2D eigenvalue weighted by molar-refractivity contribution is 0.273. The number of rotatable bonds is 3. The molecule has 0 fully saturated rings. The van der Waals surface area contributed by atoms with Crippen LogP contribution in [0.5, 0.6) is 5.75 Å². The first-order valence-corrected chi connectivity index (χ1v) is 3.48. The normalized spacial score (nSPS) is 9.83. The molecule has 0 aliphatic heterocycles. The van der Waals surface area contributed by atoms with Gasteiger partial charge in [0.25, 0.3) is 0 Å². The molecule has 1 rings (SSSR count). The van der Waals surface area contributed by atoms with Crippen molar-refractivity contribution in [1.29, 1.82) is 0 Å². The van der Waals surface area contributed by atoms with Crippen LogP contribution in [0.2, 0.25) is 0 Å². The largest absolute Gasteiger partial charge is 0.491 e. The van der Waals surface area contributed by atoms with E-state index in [1.54, 1.807) is 0 Å². The predicted octanol–water partition coefficient (Wildman–Crippen LogP) is 1.76. The molecule has 0 atom stereocenters. The van der Waals surface area contributed by atoms with Gasteiger partial charge in [0.2, 0.25) is 0 Å². The van der Waals surface area contributed by atoms with Gasteiger partial charge in [-0.25, -0.2) is 8.78 Å².